The molecule has 1 amide bonds. The first-order chi connectivity index (χ1) is 15.0. The van der Waals surface area contributed by atoms with Gasteiger partial charge in [0, 0.05) is 24.8 Å². The first-order valence-electron chi connectivity index (χ1n) is 11.6. The molecule has 0 bridgehead atoms. The van der Waals surface area contributed by atoms with Gasteiger partial charge in [0.2, 0.25) is 5.91 Å². The second-order valence-electron chi connectivity index (χ2n) is 8.82. The fourth-order valence-electron chi connectivity index (χ4n) is 4.04. The minimum absolute atomic E-state index is 0.0158. The zero-order valence-corrected chi connectivity index (χ0v) is 18.2. The molecule has 0 radical (unpaired) electrons. The second kappa shape index (κ2) is 12.0. The number of ketones is 1. The summed E-state index contributed by atoms with van der Waals surface area (Å²) >= 11 is 0. The average molecular weight is 426 g/mol. The molecule has 5 nitrogen and oxygen atoms in total. The first kappa shape index (κ1) is 23.4. The third-order valence-corrected chi connectivity index (χ3v) is 6.07. The van der Waals surface area contributed by atoms with Gasteiger partial charge in [-0.1, -0.05) is 48.6 Å². The van der Waals surface area contributed by atoms with Crippen molar-refractivity contribution in [1.82, 2.24) is 5.32 Å². The smallest absolute Gasteiger partial charge is 0.220 e. The van der Waals surface area contributed by atoms with Crippen molar-refractivity contribution in [3.8, 4) is 0 Å². The monoisotopic (exact) mass is 425 g/mol. The van der Waals surface area contributed by atoms with E-state index in [1.165, 1.54) is 5.56 Å². The number of aliphatic hydroxyl groups is 2. The van der Waals surface area contributed by atoms with E-state index in [1.54, 1.807) is 0 Å². The summed E-state index contributed by atoms with van der Waals surface area (Å²) in [5.41, 5.74) is 1.84. The van der Waals surface area contributed by atoms with Gasteiger partial charge in [0.05, 0.1) is 12.2 Å². The largest absolute Gasteiger partial charge is 0.393 e. The van der Waals surface area contributed by atoms with Crippen LogP contribution in [0.4, 0.5) is 0 Å². The summed E-state index contributed by atoms with van der Waals surface area (Å²) in [6.07, 6.45) is 11.7. The van der Waals surface area contributed by atoms with Crippen molar-refractivity contribution in [1.29, 1.82) is 0 Å². The van der Waals surface area contributed by atoms with Gasteiger partial charge in [0.1, 0.15) is 0 Å². The number of rotatable bonds is 12. The highest BCUT2D eigenvalue weighted by atomic mass is 16.3. The zero-order valence-electron chi connectivity index (χ0n) is 18.2. The molecule has 2 aliphatic rings. The van der Waals surface area contributed by atoms with E-state index < -0.39 is 12.2 Å². The summed E-state index contributed by atoms with van der Waals surface area (Å²) in [6.45, 7) is 0. The molecule has 2 fully saturated rings. The Balaban J connectivity index is 1.40. The van der Waals surface area contributed by atoms with Crippen LogP contribution in [-0.2, 0) is 16.0 Å². The number of allylic oxidation sites excluding steroid dienone is 2. The van der Waals surface area contributed by atoms with Crippen LogP contribution in [0.1, 0.15) is 63.4 Å². The predicted molar refractivity (Wildman–Crippen MR) is 121 cm³/mol. The quantitative estimate of drug-likeness (QED) is 0.271. The molecule has 0 saturated heterocycles. The van der Waals surface area contributed by atoms with E-state index in [9.17, 15) is 19.8 Å². The lowest BCUT2D eigenvalue weighted by Crippen LogP contribution is -2.24. The highest BCUT2D eigenvalue weighted by molar-refractivity contribution is 5.98. The van der Waals surface area contributed by atoms with Gasteiger partial charge < -0.3 is 15.5 Å². The van der Waals surface area contributed by atoms with Gasteiger partial charge in [0.15, 0.2) is 5.78 Å². The number of carbonyl (C=O) groups is 2. The third-order valence-electron chi connectivity index (χ3n) is 6.07. The Morgan fingerprint density at radius 2 is 1.97 bits per heavy atom. The van der Waals surface area contributed by atoms with Crippen LogP contribution in [0.15, 0.2) is 54.1 Å². The standard InChI is InChI=1S/C26H35NO4/c28-21(15-12-19-8-4-3-5-9-19)16-17-23-22(24(29)18-25(23)30)10-6-1-2-7-11-26(31)27-20-13-14-20/h1,3-6,8-9,17,20-22,24,28-29H,2,7,10-16,18H2,(H,27,31)/b6-1-,23-17?/t21-,22+,24-/m0/s1. The number of nitrogens with one attached hydrogen (secondary N) is 1. The first-order valence-corrected chi connectivity index (χ1v) is 11.6. The Kier molecular flexibility index (Phi) is 9.04. The molecule has 1 aromatic rings. The molecule has 31 heavy (non-hydrogen) atoms. The molecule has 0 aliphatic heterocycles. The number of Topliss-reactive ketones (excluding diaryl/α,β-unsaturated/α-hetero) is 1. The maximum Gasteiger partial charge on any atom is 0.220 e. The van der Waals surface area contributed by atoms with Gasteiger partial charge in [-0.2, -0.15) is 0 Å². The average Bonchev–Trinajstić information content (AvgIpc) is 3.52. The number of benzene rings is 1. The Morgan fingerprint density at radius 1 is 1.19 bits per heavy atom. The Morgan fingerprint density at radius 3 is 2.71 bits per heavy atom. The summed E-state index contributed by atoms with van der Waals surface area (Å²) in [5, 5.41) is 23.6. The molecular weight excluding hydrogens is 390 g/mol. The molecule has 5 heteroatoms. The number of carbonyl (C=O) groups excluding carboxylic acids is 2. The van der Waals surface area contributed by atoms with Crippen molar-refractivity contribution in [3.05, 3.63) is 59.7 Å². The van der Waals surface area contributed by atoms with Crippen LogP contribution in [0.2, 0.25) is 0 Å². The molecule has 2 aliphatic carbocycles. The molecule has 0 heterocycles. The van der Waals surface area contributed by atoms with Crippen molar-refractivity contribution in [3.63, 3.8) is 0 Å². The lowest BCUT2D eigenvalue weighted by atomic mass is 9.94. The Hall–Kier alpha value is -2.24. The maximum absolute atomic E-state index is 12.3. The van der Waals surface area contributed by atoms with Crippen molar-refractivity contribution in [2.24, 2.45) is 5.92 Å². The van der Waals surface area contributed by atoms with Gasteiger partial charge in [-0.25, -0.2) is 0 Å². The van der Waals surface area contributed by atoms with E-state index >= 15 is 0 Å². The Labute approximate surface area is 185 Å². The van der Waals surface area contributed by atoms with Crippen LogP contribution in [0, 0.1) is 5.92 Å². The van der Waals surface area contributed by atoms with Crippen LogP contribution >= 0.6 is 0 Å². The minimum Gasteiger partial charge on any atom is -0.393 e. The normalized spacial score (nSPS) is 23.5. The predicted octanol–water partition coefficient (Wildman–Crippen LogP) is 3.64. The van der Waals surface area contributed by atoms with Gasteiger partial charge in [0.25, 0.3) is 0 Å². The molecule has 1 aromatic carbocycles. The van der Waals surface area contributed by atoms with Crippen molar-refractivity contribution < 1.29 is 19.8 Å². The molecular formula is C26H35NO4. The van der Waals surface area contributed by atoms with Gasteiger partial charge >= 0.3 is 0 Å². The molecule has 0 spiro atoms. The lowest BCUT2D eigenvalue weighted by molar-refractivity contribution is -0.121. The molecule has 3 rings (SSSR count). The highest BCUT2D eigenvalue weighted by Crippen LogP contribution is 2.32. The maximum atomic E-state index is 12.3. The minimum atomic E-state index is -0.658. The highest BCUT2D eigenvalue weighted by Gasteiger charge is 2.35. The van der Waals surface area contributed by atoms with E-state index in [4.69, 9.17) is 0 Å². The van der Waals surface area contributed by atoms with Crippen LogP contribution in [0.5, 0.6) is 0 Å². The zero-order chi connectivity index (χ0) is 22.1. The fourth-order valence-corrected chi connectivity index (χ4v) is 4.04. The third kappa shape index (κ3) is 8.08. The molecule has 168 valence electrons. The Bertz CT molecular complexity index is 782. The topological polar surface area (TPSA) is 86.6 Å². The second-order valence-corrected chi connectivity index (χ2v) is 8.82. The van der Waals surface area contributed by atoms with E-state index in [2.05, 4.69) is 5.32 Å². The van der Waals surface area contributed by atoms with E-state index in [0.717, 1.165) is 32.1 Å². The van der Waals surface area contributed by atoms with E-state index in [-0.39, 0.29) is 24.0 Å². The van der Waals surface area contributed by atoms with Gasteiger partial charge in [-0.05, 0) is 62.5 Å². The van der Waals surface area contributed by atoms with Gasteiger partial charge in [-0.3, -0.25) is 9.59 Å². The number of unbranched alkanes of at least 4 members (excludes halogenated alkanes) is 1. The summed E-state index contributed by atoms with van der Waals surface area (Å²) in [7, 11) is 0. The van der Waals surface area contributed by atoms with Crippen molar-refractivity contribution >= 4 is 11.7 Å². The number of amides is 1. The fraction of sp³-hybridized carbons (Fsp3) is 0.538. The van der Waals surface area contributed by atoms with Crippen LogP contribution < -0.4 is 5.32 Å². The van der Waals surface area contributed by atoms with Crippen LogP contribution in [0.25, 0.3) is 0 Å². The number of hydrogen-bond donors (Lipinski definition) is 3. The van der Waals surface area contributed by atoms with Crippen molar-refractivity contribution in [2.75, 3.05) is 0 Å². The number of aryl methyl sites for hydroxylation is 1. The van der Waals surface area contributed by atoms with E-state index in [1.807, 2.05) is 48.6 Å². The number of aliphatic hydroxyl groups excluding tert-OH is 2. The summed E-state index contributed by atoms with van der Waals surface area (Å²) in [4.78, 5) is 24.0. The summed E-state index contributed by atoms with van der Waals surface area (Å²) in [6, 6.07) is 10.5. The molecule has 0 unspecified atom stereocenters. The SMILES string of the molecule is O=C(CCC/C=C\C[C@@H]1C(=CC[C@@H](O)CCc2ccccc2)C(=O)C[C@@H]1O)NC1CC1. The molecule has 3 atom stereocenters. The van der Waals surface area contributed by atoms with Crippen molar-refractivity contribution in [2.45, 2.75) is 82.5 Å². The molecule has 2 saturated carbocycles. The lowest BCUT2D eigenvalue weighted by Gasteiger charge is -2.14. The van der Waals surface area contributed by atoms with Crippen LogP contribution in [-0.4, -0.2) is 40.2 Å². The molecule has 0 aromatic heterocycles. The van der Waals surface area contributed by atoms with Gasteiger partial charge in [-0.15, -0.1) is 0 Å². The molecule has 3 N–H and O–H groups in total. The van der Waals surface area contributed by atoms with E-state index in [0.29, 0.717) is 37.3 Å². The number of hydrogen-bond acceptors (Lipinski definition) is 4. The summed E-state index contributed by atoms with van der Waals surface area (Å²) < 4.78 is 0. The summed E-state index contributed by atoms with van der Waals surface area (Å²) in [5.74, 6) is -0.0927. The van der Waals surface area contributed by atoms with Crippen LogP contribution in [0.3, 0.4) is 0 Å².